The van der Waals surface area contributed by atoms with Crippen LogP contribution in [0.4, 0.5) is 0 Å². The van der Waals surface area contributed by atoms with Gasteiger partial charge in [-0.2, -0.15) is 0 Å². The number of carboxylic acid groups (broad SMARTS) is 3. The van der Waals surface area contributed by atoms with E-state index in [2.05, 4.69) is 0 Å². The van der Waals surface area contributed by atoms with Crippen molar-refractivity contribution in [2.24, 2.45) is 0 Å². The zero-order valence-corrected chi connectivity index (χ0v) is 24.9. The van der Waals surface area contributed by atoms with Gasteiger partial charge in [0.25, 0.3) is 0 Å². The average molecular weight is 464 g/mol. The molecule has 6 nitrogen and oxygen atoms in total. The summed E-state index contributed by atoms with van der Waals surface area (Å²) in [6.45, 7) is 0. The van der Waals surface area contributed by atoms with Gasteiger partial charge in [0.05, 0.1) is 17.9 Å². The molecule has 9 heteroatoms. The Kier molecular flexibility index (Phi) is 18.1. The minimum atomic E-state index is -1.68. The zero-order chi connectivity index (χ0) is 11.6. The topological polar surface area (TPSA) is 120 Å². The minimum Gasteiger partial charge on any atom is -0.545 e. The van der Waals surface area contributed by atoms with Crippen LogP contribution in [0.2, 0.25) is 0 Å². The quantitative estimate of drug-likeness (QED) is 0.439. The summed E-state index contributed by atoms with van der Waals surface area (Å²) >= 11 is 0. The first-order valence-electron chi connectivity index (χ1n) is 3.71. The summed E-state index contributed by atoms with van der Waals surface area (Å²) in [4.78, 5) is 31.2. The maximum Gasteiger partial charge on any atom is 1.00 e. The Morgan fingerprint density at radius 1 is 0.611 bits per heavy atom. The van der Waals surface area contributed by atoms with Crippen molar-refractivity contribution < 1.29 is 204 Å². The number of carbonyl (C=O) groups excluding carboxylic acids is 3. The molecule has 0 spiro atoms. The van der Waals surface area contributed by atoms with Crippen LogP contribution in [0.25, 0.3) is 0 Å². The van der Waals surface area contributed by atoms with E-state index in [1.54, 1.807) is 0 Å². The SMILES string of the molecule is O=C([O-])c1cc(C(=O)[O-])cc(C(=O)[O-])c1.[Rb+].[Rb+].[Rb+]. The Hall–Kier alpha value is 3.05. The van der Waals surface area contributed by atoms with E-state index in [0.717, 1.165) is 18.2 Å². The molecule has 0 bridgehead atoms. The van der Waals surface area contributed by atoms with Crippen LogP contribution < -0.4 is 190 Å². The molecule has 0 unspecified atom stereocenters. The van der Waals surface area contributed by atoms with Gasteiger partial charge >= 0.3 is 175 Å². The molecule has 0 N–H and O–H groups in total. The fraction of sp³-hybridized carbons (Fsp3) is 0. The fourth-order valence-electron chi connectivity index (χ4n) is 0.981. The number of benzene rings is 1. The molecule has 0 saturated heterocycles. The summed E-state index contributed by atoms with van der Waals surface area (Å²) in [7, 11) is 0. The van der Waals surface area contributed by atoms with Crippen LogP contribution in [0.3, 0.4) is 0 Å². The third kappa shape index (κ3) is 8.48. The second-order valence-electron chi connectivity index (χ2n) is 2.66. The van der Waals surface area contributed by atoms with Gasteiger partial charge < -0.3 is 29.7 Å². The molecule has 78 valence electrons. The van der Waals surface area contributed by atoms with Crippen LogP contribution in [0.5, 0.6) is 0 Å². The molecule has 0 aliphatic carbocycles. The van der Waals surface area contributed by atoms with Crippen LogP contribution in [-0.4, -0.2) is 17.9 Å². The van der Waals surface area contributed by atoms with Gasteiger partial charge in [0.1, 0.15) is 0 Å². The van der Waals surface area contributed by atoms with Crippen LogP contribution in [0.1, 0.15) is 31.1 Å². The Balaban J connectivity index is -0.000000750. The monoisotopic (exact) mass is 462 g/mol. The van der Waals surface area contributed by atoms with Gasteiger partial charge in [-0.1, -0.05) is 0 Å². The summed E-state index contributed by atoms with van der Waals surface area (Å²) in [6.07, 6.45) is 0. The molecule has 0 aromatic heterocycles. The number of hydrogen-bond donors (Lipinski definition) is 0. The van der Waals surface area contributed by atoms with Gasteiger partial charge in [-0.05, 0) is 34.9 Å². The second-order valence-corrected chi connectivity index (χ2v) is 2.66. The van der Waals surface area contributed by atoms with E-state index in [4.69, 9.17) is 0 Å². The molecule has 0 heterocycles. The third-order valence-corrected chi connectivity index (χ3v) is 1.64. The first kappa shape index (κ1) is 26.0. The van der Waals surface area contributed by atoms with Crippen LogP contribution >= 0.6 is 0 Å². The van der Waals surface area contributed by atoms with Crippen molar-refractivity contribution in [1.82, 2.24) is 0 Å². The molecule has 0 aliphatic heterocycles. The third-order valence-electron chi connectivity index (χ3n) is 1.64. The van der Waals surface area contributed by atoms with Gasteiger partial charge in [-0.15, -0.1) is 0 Å². The van der Waals surface area contributed by atoms with Crippen LogP contribution in [0.15, 0.2) is 18.2 Å². The predicted octanol–water partition coefficient (Wildman–Crippen LogP) is -12.2. The van der Waals surface area contributed by atoms with E-state index in [1.807, 2.05) is 0 Å². The van der Waals surface area contributed by atoms with Crippen LogP contribution in [-0.2, 0) is 0 Å². The van der Waals surface area contributed by atoms with E-state index >= 15 is 0 Å². The van der Waals surface area contributed by atoms with E-state index in [0.29, 0.717) is 0 Å². The summed E-state index contributed by atoms with van der Waals surface area (Å²) < 4.78 is 0. The van der Waals surface area contributed by atoms with Crippen molar-refractivity contribution in [3.05, 3.63) is 34.9 Å². The molecular formula is C9H3O6Rb3. The molecule has 1 aromatic rings. The molecule has 1 aromatic carbocycles. The fourth-order valence-corrected chi connectivity index (χ4v) is 0.981. The standard InChI is InChI=1S/C9H6O6.3Rb/c10-7(11)4-1-5(8(12)13)3-6(2-4)9(14)15;;;/h1-3H,(H,10,11)(H,12,13)(H,14,15);;;/q;3*+1/p-3. The predicted molar refractivity (Wildman–Crippen MR) is 39.4 cm³/mol. The molecular weight excluding hydrogens is 460 g/mol. The normalized spacial score (nSPS) is 8.00. The van der Waals surface area contributed by atoms with Crippen molar-refractivity contribution in [2.45, 2.75) is 0 Å². The molecule has 0 fully saturated rings. The molecule has 0 aliphatic rings. The van der Waals surface area contributed by atoms with Crippen molar-refractivity contribution in [3.8, 4) is 0 Å². The summed E-state index contributed by atoms with van der Waals surface area (Å²) in [5, 5.41) is 31.2. The van der Waals surface area contributed by atoms with Gasteiger partial charge in [0.2, 0.25) is 0 Å². The van der Waals surface area contributed by atoms with E-state index in [1.165, 1.54) is 0 Å². The average Bonchev–Trinajstić information content (AvgIpc) is 2.16. The van der Waals surface area contributed by atoms with Gasteiger partial charge in [0, 0.05) is 0 Å². The first-order valence-corrected chi connectivity index (χ1v) is 3.71. The Bertz CT molecular complexity index is 381. The zero-order valence-electron chi connectivity index (χ0n) is 10.2. The number of hydrogen-bond acceptors (Lipinski definition) is 6. The van der Waals surface area contributed by atoms with Crippen molar-refractivity contribution >= 4 is 17.9 Å². The van der Waals surface area contributed by atoms with Gasteiger partial charge in [0.15, 0.2) is 0 Å². The number of rotatable bonds is 3. The number of carboxylic acids is 3. The Morgan fingerprint density at radius 2 is 0.778 bits per heavy atom. The van der Waals surface area contributed by atoms with E-state index in [-0.39, 0.29) is 175 Å². The number of aromatic carboxylic acids is 3. The maximum absolute atomic E-state index is 10.4. The molecule has 1 rings (SSSR count). The van der Waals surface area contributed by atoms with E-state index < -0.39 is 34.6 Å². The summed E-state index contributed by atoms with van der Waals surface area (Å²) in [5.74, 6) is -5.04. The molecule has 0 amide bonds. The van der Waals surface area contributed by atoms with Crippen molar-refractivity contribution in [2.75, 3.05) is 0 Å². The van der Waals surface area contributed by atoms with Crippen LogP contribution in [0, 0.1) is 0 Å². The van der Waals surface area contributed by atoms with Gasteiger partial charge in [-0.25, -0.2) is 0 Å². The first-order chi connectivity index (χ1) is 6.91. The second kappa shape index (κ2) is 12.6. The molecule has 0 atom stereocenters. The van der Waals surface area contributed by atoms with Crippen molar-refractivity contribution in [3.63, 3.8) is 0 Å². The smallest absolute Gasteiger partial charge is 0.545 e. The van der Waals surface area contributed by atoms with Crippen molar-refractivity contribution in [1.29, 1.82) is 0 Å². The van der Waals surface area contributed by atoms with E-state index in [9.17, 15) is 29.7 Å². The largest absolute Gasteiger partial charge is 1.00 e. The minimum absolute atomic E-state index is 0. The Morgan fingerprint density at radius 3 is 0.889 bits per heavy atom. The maximum atomic E-state index is 10.4. The number of carbonyl (C=O) groups is 3. The Labute approximate surface area is 249 Å². The molecule has 18 heavy (non-hydrogen) atoms. The molecule has 0 saturated carbocycles. The summed E-state index contributed by atoms with van der Waals surface area (Å²) in [5.41, 5.74) is -1.68. The molecule has 0 radical (unpaired) electrons. The summed E-state index contributed by atoms with van der Waals surface area (Å²) in [6, 6.07) is 2.24. The van der Waals surface area contributed by atoms with Gasteiger partial charge in [-0.3, -0.25) is 0 Å².